The van der Waals surface area contributed by atoms with Crippen molar-refractivity contribution >= 4 is 5.91 Å². The van der Waals surface area contributed by atoms with Crippen molar-refractivity contribution in [3.63, 3.8) is 0 Å². The number of amides is 1. The molecule has 0 bridgehead atoms. The smallest absolute Gasteiger partial charge is 0.219 e. The summed E-state index contributed by atoms with van der Waals surface area (Å²) >= 11 is 0. The molecular weight excluding hydrogens is 286 g/mol. The van der Waals surface area contributed by atoms with Crippen LogP contribution in [0.2, 0.25) is 0 Å². The zero-order valence-corrected chi connectivity index (χ0v) is 16.0. The van der Waals surface area contributed by atoms with Crippen LogP contribution in [0.5, 0.6) is 0 Å². The Morgan fingerprint density at radius 3 is 1.61 bits per heavy atom. The third-order valence-corrected chi connectivity index (χ3v) is 6.14. The molecule has 0 N–H and O–H groups in total. The van der Waals surface area contributed by atoms with Gasteiger partial charge >= 0.3 is 0 Å². The molecule has 134 valence electrons. The summed E-state index contributed by atoms with van der Waals surface area (Å²) in [5, 5.41) is 0. The lowest BCUT2D eigenvalue weighted by Gasteiger charge is -2.47. The van der Waals surface area contributed by atoms with Gasteiger partial charge in [-0.05, 0) is 66.5 Å². The molecule has 2 rings (SSSR count). The highest BCUT2D eigenvalue weighted by Gasteiger charge is 2.34. The number of likely N-dealkylation sites (tertiary alicyclic amines) is 1. The number of piperidine rings is 1. The van der Waals surface area contributed by atoms with Gasteiger partial charge in [-0.1, -0.05) is 6.42 Å². The van der Waals surface area contributed by atoms with Crippen LogP contribution in [0, 0.1) is 0 Å². The number of piperazine rings is 1. The summed E-state index contributed by atoms with van der Waals surface area (Å²) in [6, 6.07) is 0. The zero-order chi connectivity index (χ0) is 17.1. The van der Waals surface area contributed by atoms with E-state index in [1.54, 1.807) is 6.92 Å². The van der Waals surface area contributed by atoms with Crippen LogP contribution >= 0.6 is 0 Å². The molecule has 2 aliphatic rings. The first kappa shape index (κ1) is 18.7. The van der Waals surface area contributed by atoms with E-state index in [-0.39, 0.29) is 11.4 Å². The van der Waals surface area contributed by atoms with Crippen LogP contribution in [0.1, 0.15) is 66.7 Å². The Kier molecular flexibility index (Phi) is 6.12. The first-order chi connectivity index (χ1) is 10.7. The van der Waals surface area contributed by atoms with Gasteiger partial charge in [0.25, 0.3) is 0 Å². The summed E-state index contributed by atoms with van der Waals surface area (Å²) < 4.78 is 0. The third kappa shape index (κ3) is 4.93. The predicted octanol–water partition coefficient (Wildman–Crippen LogP) is 2.97. The highest BCUT2D eigenvalue weighted by Crippen LogP contribution is 2.30. The van der Waals surface area contributed by atoms with E-state index in [0.29, 0.717) is 5.54 Å². The van der Waals surface area contributed by atoms with Crippen LogP contribution in [0.25, 0.3) is 0 Å². The van der Waals surface area contributed by atoms with Crippen LogP contribution < -0.4 is 0 Å². The van der Waals surface area contributed by atoms with E-state index < -0.39 is 0 Å². The molecule has 23 heavy (non-hydrogen) atoms. The first-order valence-electron chi connectivity index (χ1n) is 9.48. The molecule has 2 fully saturated rings. The molecule has 2 heterocycles. The maximum Gasteiger partial charge on any atom is 0.219 e. The van der Waals surface area contributed by atoms with E-state index in [4.69, 9.17) is 0 Å². The molecule has 0 unspecified atom stereocenters. The van der Waals surface area contributed by atoms with E-state index in [9.17, 15) is 4.79 Å². The second-order valence-electron chi connectivity index (χ2n) is 8.67. The monoisotopic (exact) mass is 323 g/mol. The predicted molar refractivity (Wildman–Crippen MR) is 96.6 cm³/mol. The average Bonchev–Trinajstić information content (AvgIpc) is 2.54. The lowest BCUT2D eigenvalue weighted by atomic mass is 9.86. The standard InChI is InChI=1S/C19H37N3O/c1-17(23)20-13-15-22(16-14-20)19(4,5)10-9-18(2,3)21-11-7-6-8-12-21/h6-16H2,1-5H3. The molecule has 0 aromatic heterocycles. The summed E-state index contributed by atoms with van der Waals surface area (Å²) in [4.78, 5) is 18.7. The number of carbonyl (C=O) groups is 1. The van der Waals surface area contributed by atoms with Gasteiger partial charge in [-0.15, -0.1) is 0 Å². The van der Waals surface area contributed by atoms with Crippen LogP contribution in [-0.2, 0) is 4.79 Å². The molecule has 1 amide bonds. The van der Waals surface area contributed by atoms with Gasteiger partial charge in [0, 0.05) is 44.2 Å². The molecule has 2 aliphatic heterocycles. The fourth-order valence-electron chi connectivity index (χ4n) is 4.05. The van der Waals surface area contributed by atoms with Gasteiger partial charge in [0.05, 0.1) is 0 Å². The van der Waals surface area contributed by atoms with Crippen molar-refractivity contribution in [2.75, 3.05) is 39.3 Å². The molecule has 0 saturated carbocycles. The highest BCUT2D eigenvalue weighted by atomic mass is 16.2. The van der Waals surface area contributed by atoms with Gasteiger partial charge in [0.2, 0.25) is 5.91 Å². The second-order valence-corrected chi connectivity index (χ2v) is 8.67. The topological polar surface area (TPSA) is 26.8 Å². The van der Waals surface area contributed by atoms with E-state index >= 15 is 0 Å². The minimum absolute atomic E-state index is 0.216. The Morgan fingerprint density at radius 2 is 1.17 bits per heavy atom. The van der Waals surface area contributed by atoms with Gasteiger partial charge < -0.3 is 4.90 Å². The fraction of sp³-hybridized carbons (Fsp3) is 0.947. The van der Waals surface area contributed by atoms with E-state index in [1.165, 1.54) is 45.2 Å². The van der Waals surface area contributed by atoms with E-state index in [0.717, 1.165) is 26.2 Å². The molecule has 0 aliphatic carbocycles. The van der Waals surface area contributed by atoms with Crippen LogP contribution in [0.4, 0.5) is 0 Å². The summed E-state index contributed by atoms with van der Waals surface area (Å²) in [5.74, 6) is 0.216. The third-order valence-electron chi connectivity index (χ3n) is 6.14. The Hall–Kier alpha value is -0.610. The molecule has 0 aromatic carbocycles. The molecular formula is C19H37N3O. The van der Waals surface area contributed by atoms with Gasteiger partial charge in [-0.25, -0.2) is 0 Å². The largest absolute Gasteiger partial charge is 0.340 e. The van der Waals surface area contributed by atoms with E-state index in [1.807, 2.05) is 4.90 Å². The van der Waals surface area contributed by atoms with E-state index in [2.05, 4.69) is 37.5 Å². The van der Waals surface area contributed by atoms with Crippen molar-refractivity contribution in [3.8, 4) is 0 Å². The molecule has 0 aromatic rings. The van der Waals surface area contributed by atoms with Crippen molar-refractivity contribution in [2.24, 2.45) is 0 Å². The Labute approximate surface area is 143 Å². The Bertz CT molecular complexity index is 391. The number of carbonyl (C=O) groups excluding carboxylic acids is 1. The van der Waals surface area contributed by atoms with Gasteiger partial charge in [-0.2, -0.15) is 0 Å². The fourth-order valence-corrected chi connectivity index (χ4v) is 4.05. The second kappa shape index (κ2) is 7.52. The molecule has 2 saturated heterocycles. The molecule has 4 nitrogen and oxygen atoms in total. The molecule has 0 radical (unpaired) electrons. The normalized spacial score (nSPS) is 22.4. The van der Waals surface area contributed by atoms with Crippen molar-refractivity contribution < 1.29 is 4.79 Å². The lowest BCUT2D eigenvalue weighted by molar-refractivity contribution is -0.131. The maximum atomic E-state index is 11.5. The Morgan fingerprint density at radius 1 is 0.739 bits per heavy atom. The molecule has 0 atom stereocenters. The maximum absolute atomic E-state index is 11.5. The number of rotatable bonds is 5. The summed E-state index contributed by atoms with van der Waals surface area (Å²) in [7, 11) is 0. The van der Waals surface area contributed by atoms with Crippen molar-refractivity contribution in [1.29, 1.82) is 0 Å². The van der Waals surface area contributed by atoms with Gasteiger partial charge in [0.1, 0.15) is 0 Å². The average molecular weight is 324 g/mol. The number of nitrogens with zero attached hydrogens (tertiary/aromatic N) is 3. The SMILES string of the molecule is CC(=O)N1CCN(C(C)(C)CCC(C)(C)N2CCCCC2)CC1. The van der Waals surface area contributed by atoms with Crippen LogP contribution in [-0.4, -0.2) is 71.0 Å². The molecule has 0 spiro atoms. The molecule has 4 heteroatoms. The van der Waals surface area contributed by atoms with Gasteiger partial charge in [0.15, 0.2) is 0 Å². The van der Waals surface area contributed by atoms with Crippen molar-refractivity contribution in [2.45, 2.75) is 77.8 Å². The zero-order valence-electron chi connectivity index (χ0n) is 16.0. The van der Waals surface area contributed by atoms with Crippen LogP contribution in [0.3, 0.4) is 0 Å². The summed E-state index contributed by atoms with van der Waals surface area (Å²) in [6.07, 6.45) is 6.58. The van der Waals surface area contributed by atoms with Gasteiger partial charge in [-0.3, -0.25) is 14.6 Å². The lowest BCUT2D eigenvalue weighted by Crippen LogP contribution is -2.56. The minimum Gasteiger partial charge on any atom is -0.340 e. The van der Waals surface area contributed by atoms with Crippen molar-refractivity contribution in [3.05, 3.63) is 0 Å². The quantitative estimate of drug-likeness (QED) is 0.778. The van der Waals surface area contributed by atoms with Crippen LogP contribution in [0.15, 0.2) is 0 Å². The first-order valence-corrected chi connectivity index (χ1v) is 9.48. The number of hydrogen-bond acceptors (Lipinski definition) is 3. The van der Waals surface area contributed by atoms with Crippen molar-refractivity contribution in [1.82, 2.24) is 14.7 Å². The Balaban J connectivity index is 1.84. The number of hydrogen-bond donors (Lipinski definition) is 0. The summed E-state index contributed by atoms with van der Waals surface area (Å²) in [6.45, 7) is 17.6. The summed E-state index contributed by atoms with van der Waals surface area (Å²) in [5.41, 5.74) is 0.523. The minimum atomic E-state index is 0.216. The highest BCUT2D eigenvalue weighted by molar-refractivity contribution is 5.73.